The van der Waals surface area contributed by atoms with E-state index in [4.69, 9.17) is 0 Å². The lowest BCUT2D eigenvalue weighted by Gasteiger charge is -2.29. The predicted molar refractivity (Wildman–Crippen MR) is 64.3 cm³/mol. The molecule has 4 nitrogen and oxygen atoms in total. The highest BCUT2D eigenvalue weighted by Crippen LogP contribution is 2.18. The van der Waals surface area contributed by atoms with Crippen LogP contribution in [0.2, 0.25) is 0 Å². The first-order valence-electron chi connectivity index (χ1n) is 5.54. The van der Waals surface area contributed by atoms with Crippen LogP contribution in [0.4, 0.5) is 0 Å². The lowest BCUT2D eigenvalue weighted by Crippen LogP contribution is -2.38. The third kappa shape index (κ3) is 2.93. The molecule has 5 heteroatoms. The molecular formula is C11H17N3OS. The predicted octanol–water partition coefficient (Wildman–Crippen LogP) is 1.16. The number of thioether (sulfide) groups is 1. The van der Waals surface area contributed by atoms with Crippen LogP contribution >= 0.6 is 11.8 Å². The summed E-state index contributed by atoms with van der Waals surface area (Å²) in [6.07, 6.45) is 7.28. The smallest absolute Gasteiger partial charge is 0.119 e. The van der Waals surface area contributed by atoms with Crippen molar-refractivity contribution in [1.29, 1.82) is 0 Å². The molecule has 1 aliphatic heterocycles. The van der Waals surface area contributed by atoms with Gasteiger partial charge in [-0.15, -0.1) is 11.8 Å². The van der Waals surface area contributed by atoms with Gasteiger partial charge >= 0.3 is 0 Å². The number of rotatable bonds is 3. The number of aliphatic hydroxyl groups excluding tert-OH is 1. The lowest BCUT2D eigenvalue weighted by atomic mass is 10.1. The Kier molecular flexibility index (Phi) is 4.15. The summed E-state index contributed by atoms with van der Waals surface area (Å²) in [4.78, 5) is 10.9. The van der Waals surface area contributed by atoms with Gasteiger partial charge in [-0.3, -0.25) is 9.88 Å². The van der Waals surface area contributed by atoms with Gasteiger partial charge in [-0.25, -0.2) is 4.98 Å². The Morgan fingerprint density at radius 1 is 1.50 bits per heavy atom. The monoisotopic (exact) mass is 239 g/mol. The molecule has 2 heterocycles. The number of aliphatic hydroxyl groups is 1. The van der Waals surface area contributed by atoms with Crippen LogP contribution in [0.25, 0.3) is 0 Å². The average molecular weight is 239 g/mol. The van der Waals surface area contributed by atoms with E-state index < -0.39 is 0 Å². The van der Waals surface area contributed by atoms with Gasteiger partial charge in [-0.1, -0.05) is 0 Å². The molecule has 2 rings (SSSR count). The van der Waals surface area contributed by atoms with Crippen molar-refractivity contribution < 1.29 is 5.11 Å². The third-order valence-corrected chi connectivity index (χ3v) is 3.51. The van der Waals surface area contributed by atoms with Crippen LogP contribution < -0.4 is 0 Å². The Bertz CT molecular complexity index is 348. The lowest BCUT2D eigenvalue weighted by molar-refractivity contribution is 0.0657. The highest BCUT2D eigenvalue weighted by atomic mass is 32.2. The van der Waals surface area contributed by atoms with Crippen LogP contribution in [0.5, 0.6) is 0 Å². The van der Waals surface area contributed by atoms with E-state index in [1.165, 1.54) is 0 Å². The average Bonchev–Trinajstić information content (AvgIpc) is 2.30. The molecule has 0 spiro atoms. The zero-order chi connectivity index (χ0) is 11.4. The first-order valence-corrected chi connectivity index (χ1v) is 6.76. The van der Waals surface area contributed by atoms with Crippen molar-refractivity contribution in [3.8, 4) is 0 Å². The van der Waals surface area contributed by atoms with E-state index in [0.717, 1.165) is 43.2 Å². The van der Waals surface area contributed by atoms with Crippen LogP contribution in [0.3, 0.4) is 0 Å². The second-order valence-electron chi connectivity index (χ2n) is 4.04. The van der Waals surface area contributed by atoms with Crippen LogP contribution in [-0.2, 0) is 6.54 Å². The van der Waals surface area contributed by atoms with Gasteiger partial charge in [-0.2, -0.15) is 0 Å². The fourth-order valence-corrected chi connectivity index (χ4v) is 2.54. The largest absolute Gasteiger partial charge is 0.392 e. The zero-order valence-corrected chi connectivity index (χ0v) is 10.3. The minimum Gasteiger partial charge on any atom is -0.392 e. The molecule has 0 radical (unpaired) electrons. The van der Waals surface area contributed by atoms with Crippen molar-refractivity contribution in [2.45, 2.75) is 30.5 Å². The first-order chi connectivity index (χ1) is 7.79. The maximum atomic E-state index is 9.60. The molecule has 0 aromatic carbocycles. The molecule has 1 fully saturated rings. The molecule has 1 aliphatic rings. The number of hydrogen-bond donors (Lipinski definition) is 1. The number of aromatic nitrogens is 2. The van der Waals surface area contributed by atoms with Crippen molar-refractivity contribution in [2.24, 2.45) is 0 Å². The number of likely N-dealkylation sites (tertiary alicyclic amines) is 1. The van der Waals surface area contributed by atoms with Crippen molar-refractivity contribution in [1.82, 2.24) is 14.9 Å². The highest BCUT2D eigenvalue weighted by Gasteiger charge is 2.19. The Balaban J connectivity index is 2.02. The summed E-state index contributed by atoms with van der Waals surface area (Å²) in [6.45, 7) is 2.59. The van der Waals surface area contributed by atoms with Gasteiger partial charge in [0.1, 0.15) is 5.03 Å². The SMILES string of the molecule is CSc1nccnc1CN1CCCC(O)C1. The van der Waals surface area contributed by atoms with Gasteiger partial charge in [0, 0.05) is 25.5 Å². The standard InChI is InChI=1S/C11H17N3OS/c1-16-11-10(12-4-5-13-11)8-14-6-2-3-9(15)7-14/h4-5,9,15H,2-3,6-8H2,1H3. The summed E-state index contributed by atoms with van der Waals surface area (Å²) in [5.41, 5.74) is 1.02. The third-order valence-electron chi connectivity index (χ3n) is 2.78. The van der Waals surface area contributed by atoms with Crippen LogP contribution in [0.15, 0.2) is 17.4 Å². The summed E-state index contributed by atoms with van der Waals surface area (Å²) in [7, 11) is 0. The van der Waals surface area contributed by atoms with Gasteiger partial charge in [0.2, 0.25) is 0 Å². The second-order valence-corrected chi connectivity index (χ2v) is 4.84. The summed E-state index contributed by atoms with van der Waals surface area (Å²) < 4.78 is 0. The summed E-state index contributed by atoms with van der Waals surface area (Å²) in [5, 5.41) is 10.6. The quantitative estimate of drug-likeness (QED) is 0.802. The second kappa shape index (κ2) is 5.61. The Labute approximate surface area is 100 Å². The highest BCUT2D eigenvalue weighted by molar-refractivity contribution is 7.98. The Morgan fingerprint density at radius 3 is 3.06 bits per heavy atom. The summed E-state index contributed by atoms with van der Waals surface area (Å²) in [6, 6.07) is 0. The van der Waals surface area contributed by atoms with E-state index in [1.54, 1.807) is 24.2 Å². The minimum atomic E-state index is -0.178. The van der Waals surface area contributed by atoms with E-state index in [1.807, 2.05) is 6.26 Å². The van der Waals surface area contributed by atoms with E-state index in [0.29, 0.717) is 0 Å². The van der Waals surface area contributed by atoms with E-state index in [-0.39, 0.29) is 6.10 Å². The van der Waals surface area contributed by atoms with Gasteiger partial charge in [-0.05, 0) is 25.6 Å². The molecule has 1 aromatic rings. The molecule has 0 saturated carbocycles. The number of hydrogen-bond acceptors (Lipinski definition) is 5. The molecule has 16 heavy (non-hydrogen) atoms. The molecule has 1 aromatic heterocycles. The summed E-state index contributed by atoms with van der Waals surface area (Å²) in [5.74, 6) is 0. The van der Waals surface area contributed by atoms with E-state index in [2.05, 4.69) is 14.9 Å². The molecule has 88 valence electrons. The van der Waals surface area contributed by atoms with Crippen molar-refractivity contribution in [2.75, 3.05) is 19.3 Å². The van der Waals surface area contributed by atoms with Gasteiger partial charge in [0.25, 0.3) is 0 Å². The van der Waals surface area contributed by atoms with E-state index in [9.17, 15) is 5.11 Å². The number of piperidine rings is 1. The van der Waals surface area contributed by atoms with Gasteiger partial charge in [0.05, 0.1) is 11.8 Å². The molecule has 0 bridgehead atoms. The topological polar surface area (TPSA) is 49.2 Å². The maximum Gasteiger partial charge on any atom is 0.119 e. The minimum absolute atomic E-state index is 0.178. The first kappa shape index (κ1) is 11.8. The summed E-state index contributed by atoms with van der Waals surface area (Å²) >= 11 is 1.62. The van der Waals surface area contributed by atoms with Crippen molar-refractivity contribution in [3.63, 3.8) is 0 Å². The normalized spacial score (nSPS) is 22.2. The van der Waals surface area contributed by atoms with Gasteiger partial charge in [0.15, 0.2) is 0 Å². The fourth-order valence-electron chi connectivity index (χ4n) is 2.02. The molecule has 1 N–H and O–H groups in total. The van der Waals surface area contributed by atoms with Gasteiger partial charge < -0.3 is 5.11 Å². The zero-order valence-electron chi connectivity index (χ0n) is 9.46. The molecule has 1 atom stereocenters. The molecule has 0 amide bonds. The molecule has 0 aliphatic carbocycles. The Morgan fingerprint density at radius 2 is 2.31 bits per heavy atom. The van der Waals surface area contributed by atoms with E-state index >= 15 is 0 Å². The van der Waals surface area contributed by atoms with Crippen LogP contribution in [-0.4, -0.2) is 45.4 Å². The molecular weight excluding hydrogens is 222 g/mol. The van der Waals surface area contributed by atoms with Crippen molar-refractivity contribution >= 4 is 11.8 Å². The molecule has 1 unspecified atom stereocenters. The number of β-amino-alcohol motifs (C(OH)–C–C–N with tert-alkyl or cyclic N) is 1. The number of nitrogens with zero attached hydrogens (tertiary/aromatic N) is 3. The fraction of sp³-hybridized carbons (Fsp3) is 0.636. The van der Waals surface area contributed by atoms with Crippen LogP contribution in [0, 0.1) is 0 Å². The Hall–Kier alpha value is -0.650. The van der Waals surface area contributed by atoms with Crippen molar-refractivity contribution in [3.05, 3.63) is 18.1 Å². The molecule has 1 saturated heterocycles. The van der Waals surface area contributed by atoms with Crippen LogP contribution in [0.1, 0.15) is 18.5 Å². The maximum absolute atomic E-state index is 9.60.